The molecule has 0 bridgehead atoms. The van der Waals surface area contributed by atoms with Crippen LogP contribution in [0.1, 0.15) is 12.1 Å². The number of nitrogens with one attached hydrogen (secondary N) is 1. The van der Waals surface area contributed by atoms with Crippen LogP contribution in [0.2, 0.25) is 0 Å². The fourth-order valence-electron chi connectivity index (χ4n) is 3.52. The molecule has 0 atom stereocenters. The molecule has 8 nitrogen and oxygen atoms in total. The monoisotopic (exact) mass is 470 g/mol. The molecule has 1 heterocycles. The van der Waals surface area contributed by atoms with E-state index in [4.69, 9.17) is 5.14 Å². The number of hydrogen-bond donors (Lipinski definition) is 2. The van der Waals surface area contributed by atoms with Crippen molar-refractivity contribution in [2.45, 2.75) is 11.3 Å². The summed E-state index contributed by atoms with van der Waals surface area (Å²) in [4.78, 5) is 10.3. The standard InChI is InChI=1S/C22H16F2N4O4S/c23-22(24)21-19(20(26-27-21)14-7-11-16(12-8-14)33(25,31)32)18-4-2-1-3-17(18)13-5-9-15(10-6-13)28(29)30/h1-12,22H,(H,26,27)(H2,25,31,32). The molecule has 0 aliphatic rings. The average Bonchev–Trinajstić information content (AvgIpc) is 3.24. The van der Waals surface area contributed by atoms with E-state index in [1.54, 1.807) is 36.4 Å². The normalized spacial score (nSPS) is 11.6. The summed E-state index contributed by atoms with van der Waals surface area (Å²) < 4.78 is 50.9. The van der Waals surface area contributed by atoms with E-state index in [1.807, 2.05) is 0 Å². The number of nitro benzene ring substituents is 1. The minimum Gasteiger partial charge on any atom is -0.277 e. The molecular formula is C22H16F2N4O4S. The van der Waals surface area contributed by atoms with Gasteiger partial charge in [-0.15, -0.1) is 0 Å². The Morgan fingerprint density at radius 2 is 1.48 bits per heavy atom. The average molecular weight is 470 g/mol. The van der Waals surface area contributed by atoms with Crippen molar-refractivity contribution < 1.29 is 22.1 Å². The molecule has 0 fully saturated rings. The van der Waals surface area contributed by atoms with E-state index in [2.05, 4.69) is 10.2 Å². The fourth-order valence-corrected chi connectivity index (χ4v) is 4.04. The van der Waals surface area contributed by atoms with Crippen LogP contribution in [0.15, 0.2) is 77.7 Å². The van der Waals surface area contributed by atoms with E-state index in [0.29, 0.717) is 22.3 Å². The van der Waals surface area contributed by atoms with Crippen LogP contribution in [0, 0.1) is 10.1 Å². The van der Waals surface area contributed by atoms with Crippen molar-refractivity contribution in [2.75, 3.05) is 0 Å². The Kier molecular flexibility index (Phi) is 5.75. The summed E-state index contributed by atoms with van der Waals surface area (Å²) in [7, 11) is -3.92. The Labute approximate surface area is 186 Å². The van der Waals surface area contributed by atoms with Gasteiger partial charge in [-0.05, 0) is 41.0 Å². The molecular weight excluding hydrogens is 454 g/mol. The van der Waals surface area contributed by atoms with Crippen LogP contribution in [-0.4, -0.2) is 23.5 Å². The number of aromatic amines is 1. The van der Waals surface area contributed by atoms with E-state index >= 15 is 0 Å². The van der Waals surface area contributed by atoms with Crippen LogP contribution in [-0.2, 0) is 10.0 Å². The first-order chi connectivity index (χ1) is 15.7. The van der Waals surface area contributed by atoms with Crippen LogP contribution in [0.25, 0.3) is 33.5 Å². The van der Waals surface area contributed by atoms with Crippen molar-refractivity contribution in [3.05, 3.63) is 88.6 Å². The molecule has 3 aromatic carbocycles. The van der Waals surface area contributed by atoms with E-state index < -0.39 is 27.1 Å². The van der Waals surface area contributed by atoms with E-state index in [-0.39, 0.29) is 21.8 Å². The lowest BCUT2D eigenvalue weighted by Gasteiger charge is -2.13. The number of non-ortho nitro benzene ring substituents is 1. The molecule has 0 radical (unpaired) electrons. The lowest BCUT2D eigenvalue weighted by Crippen LogP contribution is -2.11. The van der Waals surface area contributed by atoms with Gasteiger partial charge < -0.3 is 0 Å². The van der Waals surface area contributed by atoms with Crippen molar-refractivity contribution in [1.29, 1.82) is 0 Å². The lowest BCUT2D eigenvalue weighted by molar-refractivity contribution is -0.384. The highest BCUT2D eigenvalue weighted by atomic mass is 32.2. The maximum absolute atomic E-state index is 13.9. The van der Waals surface area contributed by atoms with Crippen LogP contribution in [0.3, 0.4) is 0 Å². The zero-order valence-corrected chi connectivity index (χ0v) is 17.6. The summed E-state index contributed by atoms with van der Waals surface area (Å²) in [6.45, 7) is 0. The number of benzene rings is 3. The molecule has 1 aromatic heterocycles. The summed E-state index contributed by atoms with van der Waals surface area (Å²) >= 11 is 0. The number of H-pyrrole nitrogens is 1. The smallest absolute Gasteiger partial charge is 0.277 e. The second-order valence-corrected chi connectivity index (χ2v) is 8.64. The SMILES string of the molecule is NS(=O)(=O)c1ccc(-c2[nH]nc(C(F)F)c2-c2ccccc2-c2ccc([N+](=O)[O-])cc2)cc1. The number of sulfonamides is 1. The van der Waals surface area contributed by atoms with Crippen molar-refractivity contribution >= 4 is 15.7 Å². The first kappa shape index (κ1) is 22.2. The van der Waals surface area contributed by atoms with Gasteiger partial charge in [-0.1, -0.05) is 36.4 Å². The Hall–Kier alpha value is -3.96. The van der Waals surface area contributed by atoms with Crippen LogP contribution < -0.4 is 5.14 Å². The number of nitrogens with two attached hydrogens (primary N) is 1. The number of nitro groups is 1. The number of hydrogen-bond acceptors (Lipinski definition) is 5. The third kappa shape index (κ3) is 4.36. The summed E-state index contributed by atoms with van der Waals surface area (Å²) in [5.41, 5.74) is 1.85. The molecule has 3 N–H and O–H groups in total. The van der Waals surface area contributed by atoms with Crippen molar-refractivity contribution in [3.63, 3.8) is 0 Å². The van der Waals surface area contributed by atoms with Gasteiger partial charge in [-0.25, -0.2) is 22.3 Å². The van der Waals surface area contributed by atoms with Gasteiger partial charge in [-0.3, -0.25) is 15.2 Å². The van der Waals surface area contributed by atoms with E-state index in [9.17, 15) is 27.3 Å². The Morgan fingerprint density at radius 1 is 0.909 bits per heavy atom. The summed E-state index contributed by atoms with van der Waals surface area (Å²) in [6.07, 6.45) is -2.89. The Morgan fingerprint density at radius 3 is 2.03 bits per heavy atom. The molecule has 0 unspecified atom stereocenters. The molecule has 0 aliphatic heterocycles. The predicted octanol–water partition coefficient (Wildman–Crippen LogP) is 4.90. The molecule has 4 aromatic rings. The minimum atomic E-state index is -3.92. The van der Waals surface area contributed by atoms with E-state index in [1.165, 1.54) is 36.4 Å². The van der Waals surface area contributed by atoms with Gasteiger partial charge in [0.15, 0.2) is 0 Å². The molecule has 4 rings (SSSR count). The second-order valence-electron chi connectivity index (χ2n) is 7.08. The number of halogens is 2. The summed E-state index contributed by atoms with van der Waals surface area (Å²) in [5.74, 6) is 0. The van der Waals surface area contributed by atoms with Gasteiger partial charge in [-0.2, -0.15) is 5.10 Å². The molecule has 0 saturated carbocycles. The van der Waals surface area contributed by atoms with Gasteiger partial charge in [0, 0.05) is 23.3 Å². The largest absolute Gasteiger partial charge is 0.282 e. The van der Waals surface area contributed by atoms with Crippen LogP contribution >= 0.6 is 0 Å². The summed E-state index contributed by atoms with van der Waals surface area (Å²) in [5, 5.41) is 22.5. The van der Waals surface area contributed by atoms with Gasteiger partial charge in [0.05, 0.1) is 15.5 Å². The predicted molar refractivity (Wildman–Crippen MR) is 118 cm³/mol. The molecule has 0 amide bonds. The van der Waals surface area contributed by atoms with Gasteiger partial charge in [0.2, 0.25) is 10.0 Å². The number of aromatic nitrogens is 2. The van der Waals surface area contributed by atoms with Gasteiger partial charge in [0.25, 0.3) is 12.1 Å². The fraction of sp³-hybridized carbons (Fsp3) is 0.0455. The third-order valence-electron chi connectivity index (χ3n) is 5.06. The second kappa shape index (κ2) is 8.52. The highest BCUT2D eigenvalue weighted by Crippen LogP contribution is 2.42. The number of nitrogens with zero attached hydrogens (tertiary/aromatic N) is 2. The van der Waals surface area contributed by atoms with Crippen LogP contribution in [0.5, 0.6) is 0 Å². The molecule has 11 heteroatoms. The number of primary sulfonamides is 1. The maximum atomic E-state index is 13.9. The topological polar surface area (TPSA) is 132 Å². The third-order valence-corrected chi connectivity index (χ3v) is 5.99. The van der Waals surface area contributed by atoms with Crippen molar-refractivity contribution in [2.24, 2.45) is 5.14 Å². The molecule has 0 spiro atoms. The lowest BCUT2D eigenvalue weighted by atomic mass is 9.91. The van der Waals surface area contributed by atoms with Crippen molar-refractivity contribution in [1.82, 2.24) is 10.2 Å². The maximum Gasteiger partial charge on any atom is 0.282 e. The quantitative estimate of drug-likeness (QED) is 0.305. The molecule has 33 heavy (non-hydrogen) atoms. The highest BCUT2D eigenvalue weighted by molar-refractivity contribution is 7.89. The first-order valence-electron chi connectivity index (χ1n) is 9.50. The zero-order valence-electron chi connectivity index (χ0n) is 16.8. The zero-order chi connectivity index (χ0) is 23.8. The number of alkyl halides is 2. The Bertz CT molecular complexity index is 1430. The van der Waals surface area contributed by atoms with Gasteiger partial charge >= 0.3 is 0 Å². The molecule has 168 valence electrons. The van der Waals surface area contributed by atoms with E-state index in [0.717, 1.165) is 0 Å². The molecule has 0 aliphatic carbocycles. The number of rotatable bonds is 6. The minimum absolute atomic E-state index is 0.0940. The Balaban J connectivity index is 1.90. The van der Waals surface area contributed by atoms with Gasteiger partial charge in [0.1, 0.15) is 5.69 Å². The molecule has 0 saturated heterocycles. The first-order valence-corrected chi connectivity index (χ1v) is 11.1. The highest BCUT2D eigenvalue weighted by Gasteiger charge is 2.25. The van der Waals surface area contributed by atoms with Crippen LogP contribution in [0.4, 0.5) is 14.5 Å². The van der Waals surface area contributed by atoms with Crippen molar-refractivity contribution in [3.8, 4) is 33.5 Å². The summed E-state index contributed by atoms with van der Waals surface area (Å²) in [6, 6.07) is 18.0.